The van der Waals surface area contributed by atoms with Crippen molar-refractivity contribution in [3.8, 4) is 28.5 Å². The van der Waals surface area contributed by atoms with Crippen molar-refractivity contribution < 1.29 is 41.7 Å². The number of amides is 1. The van der Waals surface area contributed by atoms with Gasteiger partial charge in [-0.15, -0.1) is 0 Å². The van der Waals surface area contributed by atoms with Crippen molar-refractivity contribution in [2.75, 3.05) is 26.8 Å². The van der Waals surface area contributed by atoms with Gasteiger partial charge in [0, 0.05) is 34.7 Å². The third-order valence-electron chi connectivity index (χ3n) is 9.06. The molecule has 0 spiro atoms. The number of rotatable bonds is 12. The van der Waals surface area contributed by atoms with Crippen LogP contribution in [0.5, 0.6) is 17.2 Å². The van der Waals surface area contributed by atoms with Crippen molar-refractivity contribution >= 4 is 5.91 Å². The normalized spacial score (nSPS) is 21.1. The maximum atomic E-state index is 14.9. The van der Waals surface area contributed by atoms with Gasteiger partial charge >= 0.3 is 6.18 Å². The smallest absolute Gasteiger partial charge is 0.424 e. The van der Waals surface area contributed by atoms with Crippen LogP contribution in [-0.2, 0) is 11.0 Å². The molecule has 6 rings (SSSR count). The molecule has 0 saturated heterocycles. The first-order valence-electron chi connectivity index (χ1n) is 15.4. The molecule has 2 aromatic carbocycles. The number of aromatic nitrogens is 1. The largest absolute Gasteiger partial charge is 0.493 e. The van der Waals surface area contributed by atoms with Crippen LogP contribution in [0.1, 0.15) is 61.1 Å². The van der Waals surface area contributed by atoms with Crippen LogP contribution in [0.15, 0.2) is 48.5 Å². The lowest BCUT2D eigenvalue weighted by Gasteiger charge is -2.32. The number of pyridine rings is 1. The van der Waals surface area contributed by atoms with Gasteiger partial charge in [0.15, 0.2) is 11.5 Å². The van der Waals surface area contributed by atoms with Gasteiger partial charge < -0.3 is 30.0 Å². The van der Waals surface area contributed by atoms with Gasteiger partial charge in [-0.2, -0.15) is 13.2 Å². The number of hydrogen-bond acceptors (Lipinski definition) is 7. The Morgan fingerprint density at radius 1 is 1.11 bits per heavy atom. The number of carbonyl (C=O) groups excluding carboxylic acids is 1. The molecule has 2 heterocycles. The summed E-state index contributed by atoms with van der Waals surface area (Å²) in [5.41, 5.74) is -4.25. The standard InChI is InChI=1S/C34H37F4N3O5/c1-19(20-4-5-20)39-16-32(2)18-45-30-25(32)15-28(41-29(30)21-6-9-23(35)10-7-21)33(43,34(36,37)38)17-40-31(42)22-8-13-26(27(14-22)44-3)46-24-11-12-24/h6-10,13-15,19-20,24,39,43H,4-5,11-12,16-18H2,1-3H3,(H,40,42)/t19-,32-,33?/m0/s1. The third-order valence-corrected chi connectivity index (χ3v) is 9.06. The summed E-state index contributed by atoms with van der Waals surface area (Å²) in [4.78, 5) is 17.4. The van der Waals surface area contributed by atoms with Gasteiger partial charge in [-0.1, -0.05) is 6.92 Å². The number of carbonyl (C=O) groups is 1. The number of nitrogens with one attached hydrogen (secondary N) is 2. The van der Waals surface area contributed by atoms with Crippen LogP contribution in [0.4, 0.5) is 17.6 Å². The summed E-state index contributed by atoms with van der Waals surface area (Å²) in [5.74, 6) is 0.125. The van der Waals surface area contributed by atoms with Crippen molar-refractivity contribution in [3.05, 3.63) is 71.2 Å². The number of aliphatic hydroxyl groups is 1. The third kappa shape index (κ3) is 6.37. The Balaban J connectivity index is 1.34. The summed E-state index contributed by atoms with van der Waals surface area (Å²) in [5, 5.41) is 17.2. The molecule has 3 aliphatic rings. The van der Waals surface area contributed by atoms with Crippen LogP contribution in [-0.4, -0.2) is 61.1 Å². The number of nitrogens with zero attached hydrogens (tertiary/aromatic N) is 1. The number of fused-ring (bicyclic) bond motifs is 1. The molecule has 1 aromatic heterocycles. The van der Waals surface area contributed by atoms with Gasteiger partial charge in [0.2, 0.25) is 5.60 Å². The quantitative estimate of drug-likeness (QED) is 0.219. The van der Waals surface area contributed by atoms with Gasteiger partial charge in [-0.25, -0.2) is 9.37 Å². The minimum Gasteiger partial charge on any atom is -0.493 e. The van der Waals surface area contributed by atoms with Crippen LogP contribution >= 0.6 is 0 Å². The van der Waals surface area contributed by atoms with E-state index in [0.29, 0.717) is 29.3 Å². The summed E-state index contributed by atoms with van der Waals surface area (Å²) in [6.45, 7) is 3.31. The van der Waals surface area contributed by atoms with Crippen LogP contribution in [0, 0.1) is 11.7 Å². The molecule has 2 aliphatic carbocycles. The number of ether oxygens (including phenoxy) is 3. The average Bonchev–Trinajstić information content (AvgIpc) is 3.97. The molecule has 3 N–H and O–H groups in total. The molecule has 0 bridgehead atoms. The van der Waals surface area contributed by atoms with Crippen LogP contribution < -0.4 is 24.8 Å². The molecule has 3 aromatic rings. The van der Waals surface area contributed by atoms with Gasteiger partial charge in [-0.05, 0) is 87.1 Å². The highest BCUT2D eigenvalue weighted by atomic mass is 19.4. The zero-order valence-electron chi connectivity index (χ0n) is 25.8. The Bertz CT molecular complexity index is 1610. The van der Waals surface area contributed by atoms with E-state index in [4.69, 9.17) is 14.2 Å². The summed E-state index contributed by atoms with van der Waals surface area (Å²) >= 11 is 0. The van der Waals surface area contributed by atoms with Crippen LogP contribution in [0.25, 0.3) is 11.3 Å². The summed E-state index contributed by atoms with van der Waals surface area (Å²) in [6, 6.07) is 10.9. The van der Waals surface area contributed by atoms with E-state index in [9.17, 15) is 27.5 Å². The number of halogens is 4. The highest BCUT2D eigenvalue weighted by Crippen LogP contribution is 2.48. The van der Waals surface area contributed by atoms with Crippen molar-refractivity contribution in [2.45, 2.75) is 68.9 Å². The Morgan fingerprint density at radius 2 is 1.83 bits per heavy atom. The number of methoxy groups -OCH3 is 1. The molecule has 12 heteroatoms. The molecule has 8 nitrogen and oxygen atoms in total. The topological polar surface area (TPSA) is 102 Å². The molecule has 0 radical (unpaired) electrons. The molecular formula is C34H37F4N3O5. The van der Waals surface area contributed by atoms with E-state index in [1.165, 1.54) is 55.6 Å². The van der Waals surface area contributed by atoms with Crippen molar-refractivity contribution in [3.63, 3.8) is 0 Å². The van der Waals surface area contributed by atoms with Crippen molar-refractivity contribution in [1.82, 2.24) is 15.6 Å². The lowest BCUT2D eigenvalue weighted by atomic mass is 9.82. The van der Waals surface area contributed by atoms with E-state index in [1.807, 2.05) is 6.92 Å². The van der Waals surface area contributed by atoms with Crippen molar-refractivity contribution in [2.24, 2.45) is 5.92 Å². The molecule has 3 atom stereocenters. The molecule has 246 valence electrons. The van der Waals surface area contributed by atoms with E-state index in [2.05, 4.69) is 22.5 Å². The molecule has 2 saturated carbocycles. The highest BCUT2D eigenvalue weighted by Gasteiger charge is 2.57. The first-order valence-corrected chi connectivity index (χ1v) is 15.4. The Kier molecular flexibility index (Phi) is 8.39. The lowest BCUT2D eigenvalue weighted by Crippen LogP contribution is -2.51. The molecular weight excluding hydrogens is 606 g/mol. The van der Waals surface area contributed by atoms with E-state index >= 15 is 0 Å². The predicted molar refractivity (Wildman–Crippen MR) is 162 cm³/mol. The Morgan fingerprint density at radius 3 is 2.46 bits per heavy atom. The number of alkyl halides is 3. The van der Waals surface area contributed by atoms with Gasteiger partial charge in [0.25, 0.3) is 5.91 Å². The average molecular weight is 644 g/mol. The first-order chi connectivity index (χ1) is 21.8. The van der Waals surface area contributed by atoms with Crippen LogP contribution in [0.2, 0.25) is 0 Å². The molecule has 1 aliphatic heterocycles. The number of benzene rings is 2. The van der Waals surface area contributed by atoms with Gasteiger partial charge in [-0.3, -0.25) is 4.79 Å². The summed E-state index contributed by atoms with van der Waals surface area (Å²) in [6.07, 6.45) is -1.12. The molecule has 1 unspecified atom stereocenters. The highest BCUT2D eigenvalue weighted by molar-refractivity contribution is 5.95. The summed E-state index contributed by atoms with van der Waals surface area (Å²) in [7, 11) is 1.40. The van der Waals surface area contributed by atoms with Crippen molar-refractivity contribution in [1.29, 1.82) is 0 Å². The fraction of sp³-hybridized carbons (Fsp3) is 0.471. The molecule has 1 amide bonds. The SMILES string of the molecule is COc1cc(C(=O)NCC(O)(c2cc3c(c(-c4ccc(F)cc4)n2)OC[C@]3(C)CN[C@@H](C)C2CC2)C(F)(F)F)ccc1OC1CC1. The maximum Gasteiger partial charge on any atom is 0.424 e. The first kappa shape index (κ1) is 32.1. The monoisotopic (exact) mass is 643 g/mol. The van der Waals surface area contributed by atoms with Gasteiger partial charge in [0.1, 0.15) is 17.3 Å². The zero-order valence-corrected chi connectivity index (χ0v) is 25.8. The van der Waals surface area contributed by atoms with E-state index in [0.717, 1.165) is 25.7 Å². The molecule has 46 heavy (non-hydrogen) atoms. The fourth-order valence-electron chi connectivity index (χ4n) is 5.67. The van der Waals surface area contributed by atoms with E-state index in [1.54, 1.807) is 0 Å². The van der Waals surface area contributed by atoms with Crippen LogP contribution in [0.3, 0.4) is 0 Å². The minimum absolute atomic E-state index is 0.0234. The maximum absolute atomic E-state index is 14.9. The zero-order chi connectivity index (χ0) is 32.9. The predicted octanol–water partition coefficient (Wildman–Crippen LogP) is 5.66. The Hall–Kier alpha value is -3.90. The second kappa shape index (κ2) is 12.0. The second-order valence-corrected chi connectivity index (χ2v) is 12.8. The minimum atomic E-state index is -5.24. The molecule has 2 fully saturated rings. The van der Waals surface area contributed by atoms with E-state index in [-0.39, 0.29) is 41.5 Å². The van der Waals surface area contributed by atoms with E-state index < -0.39 is 41.2 Å². The summed E-state index contributed by atoms with van der Waals surface area (Å²) < 4.78 is 75.5. The number of hydrogen-bond donors (Lipinski definition) is 3. The fourth-order valence-corrected chi connectivity index (χ4v) is 5.67. The van der Waals surface area contributed by atoms with Gasteiger partial charge in [0.05, 0.1) is 32.1 Å². The second-order valence-electron chi connectivity index (χ2n) is 12.8. The lowest BCUT2D eigenvalue weighted by molar-refractivity contribution is -0.265. The Labute approximate surface area is 264 Å².